The average Bonchev–Trinajstić information content (AvgIpc) is 2.20. The van der Waals surface area contributed by atoms with Crippen LogP contribution >= 0.6 is 0 Å². The minimum absolute atomic E-state index is 0.291. The monoisotopic (exact) mass is 158 g/mol. The standard InChI is InChI=1S/C10H8N2/c1-3-7-11-9(5-1)10-6-2-4-8-12-10/h1-8H/i5D,6D. The van der Waals surface area contributed by atoms with Gasteiger partial charge in [-0.15, -0.1) is 0 Å². The molecule has 0 spiro atoms. The molecule has 0 bridgehead atoms. The molecule has 2 aromatic rings. The quantitative estimate of drug-likeness (QED) is 0.635. The van der Waals surface area contributed by atoms with Gasteiger partial charge in [-0.3, -0.25) is 9.97 Å². The number of hydrogen-bond donors (Lipinski definition) is 0. The molecule has 0 amide bonds. The highest BCUT2D eigenvalue weighted by Crippen LogP contribution is 2.10. The van der Waals surface area contributed by atoms with Crippen LogP contribution in [-0.2, 0) is 0 Å². The summed E-state index contributed by atoms with van der Waals surface area (Å²) in [6, 6.07) is 7.24. The van der Waals surface area contributed by atoms with Crippen LogP contribution in [0.1, 0.15) is 2.74 Å². The molecular formula is C10H8N2. The Hall–Kier alpha value is -1.70. The van der Waals surface area contributed by atoms with E-state index in [1.807, 2.05) is 0 Å². The summed E-state index contributed by atoms with van der Waals surface area (Å²) >= 11 is 0. The van der Waals surface area contributed by atoms with Crippen LogP contribution in [0, 0.1) is 0 Å². The Morgan fingerprint density at radius 3 is 1.75 bits per heavy atom. The fourth-order valence-electron chi connectivity index (χ4n) is 0.909. The molecule has 0 aromatic carbocycles. The lowest BCUT2D eigenvalue weighted by atomic mass is 10.2. The molecule has 2 aromatic heterocycles. The second kappa shape index (κ2) is 3.13. The molecule has 2 heteroatoms. The van der Waals surface area contributed by atoms with Crippen LogP contribution in [0.4, 0.5) is 0 Å². The first-order valence-corrected chi connectivity index (χ1v) is 3.62. The second-order valence-corrected chi connectivity index (χ2v) is 2.26. The Kier molecular flexibility index (Phi) is 1.31. The van der Waals surface area contributed by atoms with E-state index in [0.717, 1.165) is 0 Å². The van der Waals surface area contributed by atoms with Crippen LogP contribution in [0.5, 0.6) is 0 Å². The summed E-state index contributed by atoms with van der Waals surface area (Å²) < 4.78 is 15.2. The summed E-state index contributed by atoms with van der Waals surface area (Å²) in [6.45, 7) is 0. The molecule has 0 saturated carbocycles. The van der Waals surface area contributed by atoms with Crippen LogP contribution in [0.2, 0.25) is 0 Å². The molecule has 0 fully saturated rings. The van der Waals surface area contributed by atoms with Crippen LogP contribution in [-0.4, -0.2) is 9.97 Å². The first kappa shape index (κ1) is 5.04. The predicted molar refractivity (Wildman–Crippen MR) is 47.5 cm³/mol. The highest BCUT2D eigenvalue weighted by Gasteiger charge is 1.95. The van der Waals surface area contributed by atoms with Gasteiger partial charge in [0.15, 0.2) is 0 Å². The van der Waals surface area contributed by atoms with Crippen molar-refractivity contribution in [1.29, 1.82) is 0 Å². The summed E-state index contributed by atoms with van der Waals surface area (Å²) in [5.41, 5.74) is 0.913. The number of nitrogens with zero attached hydrogens (tertiary/aromatic N) is 2. The van der Waals surface area contributed by atoms with Crippen molar-refractivity contribution >= 4 is 0 Å². The van der Waals surface area contributed by atoms with Crippen molar-refractivity contribution in [3.05, 3.63) is 48.7 Å². The van der Waals surface area contributed by atoms with Crippen LogP contribution in [0.3, 0.4) is 0 Å². The van der Waals surface area contributed by atoms with E-state index in [1.54, 1.807) is 36.7 Å². The van der Waals surface area contributed by atoms with Gasteiger partial charge in [0, 0.05) is 12.4 Å². The van der Waals surface area contributed by atoms with Crippen molar-refractivity contribution in [1.82, 2.24) is 9.97 Å². The van der Waals surface area contributed by atoms with Crippen molar-refractivity contribution < 1.29 is 2.74 Å². The third-order valence-electron chi connectivity index (χ3n) is 1.44. The van der Waals surface area contributed by atoms with Gasteiger partial charge in [-0.25, -0.2) is 0 Å². The Balaban J connectivity index is 2.61. The molecule has 0 radical (unpaired) electrons. The van der Waals surface area contributed by atoms with Gasteiger partial charge in [-0.05, 0) is 24.2 Å². The minimum Gasteiger partial charge on any atom is -0.255 e. The van der Waals surface area contributed by atoms with Gasteiger partial charge in [0.05, 0.1) is 14.1 Å². The van der Waals surface area contributed by atoms with Gasteiger partial charge in [0.2, 0.25) is 0 Å². The lowest BCUT2D eigenvalue weighted by molar-refractivity contribution is 1.25. The van der Waals surface area contributed by atoms with E-state index < -0.39 is 0 Å². The van der Waals surface area contributed by atoms with E-state index >= 15 is 0 Å². The third kappa shape index (κ3) is 1.32. The Morgan fingerprint density at radius 2 is 1.33 bits per heavy atom. The summed E-state index contributed by atoms with van der Waals surface area (Å²) in [5, 5.41) is 0. The molecule has 0 saturated heterocycles. The molecule has 0 atom stereocenters. The molecule has 2 nitrogen and oxygen atoms in total. The normalized spacial score (nSPS) is 12.0. The van der Waals surface area contributed by atoms with E-state index in [2.05, 4.69) is 9.97 Å². The zero-order valence-corrected chi connectivity index (χ0v) is 6.36. The molecule has 2 rings (SSSR count). The van der Waals surface area contributed by atoms with E-state index in [4.69, 9.17) is 2.74 Å². The highest BCUT2D eigenvalue weighted by atomic mass is 14.7. The summed E-state index contributed by atoms with van der Waals surface area (Å²) in [5.74, 6) is 0. The fraction of sp³-hybridized carbons (Fsp3) is 0. The van der Waals surface area contributed by atoms with E-state index in [1.165, 1.54) is 0 Å². The summed E-state index contributed by atoms with van der Waals surface area (Å²) in [7, 11) is 0. The maximum Gasteiger partial charge on any atom is 0.0886 e. The van der Waals surface area contributed by atoms with E-state index in [-0.39, 0.29) is 0 Å². The summed E-state index contributed by atoms with van der Waals surface area (Å²) in [4.78, 5) is 8.08. The number of rotatable bonds is 1. The average molecular weight is 158 g/mol. The molecule has 58 valence electrons. The van der Waals surface area contributed by atoms with Crippen molar-refractivity contribution in [3.8, 4) is 11.4 Å². The fourth-order valence-corrected chi connectivity index (χ4v) is 0.909. The molecular weight excluding hydrogens is 148 g/mol. The Labute approximate surface area is 73.7 Å². The number of hydrogen-bond acceptors (Lipinski definition) is 2. The minimum atomic E-state index is 0.291. The maximum absolute atomic E-state index is 7.62. The summed E-state index contributed by atoms with van der Waals surface area (Å²) in [6.07, 6.45) is 3.20. The van der Waals surface area contributed by atoms with Crippen molar-refractivity contribution in [3.63, 3.8) is 0 Å². The molecule has 0 unspecified atom stereocenters. The molecule has 2 heterocycles. The van der Waals surface area contributed by atoms with Crippen LogP contribution in [0.25, 0.3) is 11.4 Å². The lowest BCUT2D eigenvalue weighted by Gasteiger charge is -1.96. The van der Waals surface area contributed by atoms with Gasteiger partial charge >= 0.3 is 0 Å². The van der Waals surface area contributed by atoms with Crippen molar-refractivity contribution in [2.75, 3.05) is 0 Å². The molecule has 0 aliphatic carbocycles. The van der Waals surface area contributed by atoms with Gasteiger partial charge in [0.1, 0.15) is 0 Å². The predicted octanol–water partition coefficient (Wildman–Crippen LogP) is 2.14. The van der Waals surface area contributed by atoms with E-state index in [0.29, 0.717) is 23.5 Å². The molecule has 0 aliphatic rings. The third-order valence-corrected chi connectivity index (χ3v) is 1.44. The smallest absolute Gasteiger partial charge is 0.0886 e. The molecule has 0 N–H and O–H groups in total. The zero-order valence-electron chi connectivity index (χ0n) is 8.36. The first-order chi connectivity index (χ1) is 6.79. The molecule has 0 aliphatic heterocycles. The van der Waals surface area contributed by atoms with Crippen LogP contribution < -0.4 is 0 Å². The Bertz CT molecular complexity index is 414. The number of aromatic nitrogens is 2. The van der Waals surface area contributed by atoms with Crippen molar-refractivity contribution in [2.24, 2.45) is 0 Å². The highest BCUT2D eigenvalue weighted by molar-refractivity contribution is 5.52. The second-order valence-electron chi connectivity index (χ2n) is 2.26. The van der Waals surface area contributed by atoms with Gasteiger partial charge < -0.3 is 0 Å². The maximum atomic E-state index is 7.62. The first-order valence-electron chi connectivity index (χ1n) is 4.62. The number of pyridine rings is 2. The topological polar surface area (TPSA) is 25.8 Å². The van der Waals surface area contributed by atoms with Gasteiger partial charge in [-0.2, -0.15) is 0 Å². The lowest BCUT2D eigenvalue weighted by Crippen LogP contribution is -1.83. The van der Waals surface area contributed by atoms with Gasteiger partial charge in [-0.1, -0.05) is 12.1 Å². The SMILES string of the molecule is [2H]c1cccnc1-c1ncccc1[2H]. The van der Waals surface area contributed by atoms with Crippen LogP contribution in [0.15, 0.2) is 48.7 Å². The van der Waals surface area contributed by atoms with E-state index in [9.17, 15) is 0 Å². The largest absolute Gasteiger partial charge is 0.255 e. The van der Waals surface area contributed by atoms with Crippen molar-refractivity contribution in [2.45, 2.75) is 0 Å². The molecule has 12 heavy (non-hydrogen) atoms. The van der Waals surface area contributed by atoms with Gasteiger partial charge in [0.25, 0.3) is 0 Å². The zero-order chi connectivity index (χ0) is 9.97. The Morgan fingerprint density at radius 1 is 0.833 bits per heavy atom.